The lowest BCUT2D eigenvalue weighted by Gasteiger charge is -2.21. The Hall–Kier alpha value is -2.80. The number of fused-ring (bicyclic) bond motifs is 1. The van der Waals surface area contributed by atoms with Gasteiger partial charge in [-0.15, -0.1) is 0 Å². The van der Waals surface area contributed by atoms with Crippen molar-refractivity contribution in [2.45, 2.75) is 13.0 Å². The van der Waals surface area contributed by atoms with Gasteiger partial charge in [-0.25, -0.2) is 0 Å². The molecule has 8 heteroatoms. The van der Waals surface area contributed by atoms with Crippen LogP contribution in [0.4, 0.5) is 0 Å². The van der Waals surface area contributed by atoms with Crippen LogP contribution in [-0.4, -0.2) is 40.5 Å². The van der Waals surface area contributed by atoms with E-state index in [1.165, 1.54) is 7.11 Å². The highest BCUT2D eigenvalue weighted by atomic mass is 35.5. The second kappa shape index (κ2) is 8.48. The maximum Gasteiger partial charge on any atom is 0.251 e. The van der Waals surface area contributed by atoms with E-state index in [9.17, 15) is 4.79 Å². The largest absolute Gasteiger partial charge is 0.493 e. The SMILES string of the molecule is COc1cc(C(C)NC(=O)c2cc(Cl)c3c(c2)OCCO3)cc(OC)c1OC. The molecule has 3 rings (SSSR count). The minimum Gasteiger partial charge on any atom is -0.493 e. The van der Waals surface area contributed by atoms with Gasteiger partial charge in [0, 0.05) is 5.56 Å². The van der Waals surface area contributed by atoms with Crippen molar-refractivity contribution < 1.29 is 28.5 Å². The zero-order chi connectivity index (χ0) is 20.3. The molecule has 2 aromatic carbocycles. The third kappa shape index (κ3) is 3.89. The number of carbonyl (C=O) groups excluding carboxylic acids is 1. The molecule has 1 atom stereocenters. The van der Waals surface area contributed by atoms with Crippen molar-refractivity contribution in [1.82, 2.24) is 5.32 Å². The summed E-state index contributed by atoms with van der Waals surface area (Å²) in [5, 5.41) is 3.28. The monoisotopic (exact) mass is 407 g/mol. The quantitative estimate of drug-likeness (QED) is 0.788. The summed E-state index contributed by atoms with van der Waals surface area (Å²) in [5.41, 5.74) is 1.18. The van der Waals surface area contributed by atoms with Crippen LogP contribution in [0, 0.1) is 0 Å². The van der Waals surface area contributed by atoms with Crippen molar-refractivity contribution >= 4 is 17.5 Å². The molecule has 1 heterocycles. The van der Waals surface area contributed by atoms with Gasteiger partial charge in [0.25, 0.3) is 5.91 Å². The number of hydrogen-bond donors (Lipinski definition) is 1. The minimum atomic E-state index is -0.326. The second-order valence-electron chi connectivity index (χ2n) is 6.14. The van der Waals surface area contributed by atoms with Gasteiger partial charge in [-0.3, -0.25) is 4.79 Å². The Kier molecular flexibility index (Phi) is 6.04. The zero-order valence-corrected chi connectivity index (χ0v) is 16.9. The fourth-order valence-corrected chi connectivity index (χ4v) is 3.22. The Morgan fingerprint density at radius 1 is 1.04 bits per heavy atom. The number of halogens is 1. The predicted molar refractivity (Wildman–Crippen MR) is 104 cm³/mol. The average molecular weight is 408 g/mol. The van der Waals surface area contributed by atoms with Gasteiger partial charge in [0.05, 0.1) is 32.4 Å². The van der Waals surface area contributed by atoms with E-state index in [1.54, 1.807) is 38.5 Å². The lowest BCUT2D eigenvalue weighted by atomic mass is 10.1. The fraction of sp³-hybridized carbons (Fsp3) is 0.350. The molecule has 150 valence electrons. The number of benzene rings is 2. The predicted octanol–water partition coefficient (Wildman–Crippen LogP) is 3.63. The summed E-state index contributed by atoms with van der Waals surface area (Å²) in [4.78, 5) is 12.7. The molecule has 0 bridgehead atoms. The summed E-state index contributed by atoms with van der Waals surface area (Å²) < 4.78 is 27.1. The summed E-state index contributed by atoms with van der Waals surface area (Å²) in [5.74, 6) is 2.15. The lowest BCUT2D eigenvalue weighted by molar-refractivity contribution is 0.0938. The summed E-state index contributed by atoms with van der Waals surface area (Å²) in [6, 6.07) is 6.45. The summed E-state index contributed by atoms with van der Waals surface area (Å²) in [6.45, 7) is 2.70. The van der Waals surface area contributed by atoms with Crippen LogP contribution in [0.1, 0.15) is 28.9 Å². The first-order valence-electron chi connectivity index (χ1n) is 8.68. The molecule has 0 aliphatic carbocycles. The van der Waals surface area contributed by atoms with E-state index >= 15 is 0 Å². The average Bonchev–Trinajstić information content (AvgIpc) is 2.72. The van der Waals surface area contributed by atoms with E-state index in [2.05, 4.69) is 5.32 Å². The second-order valence-corrected chi connectivity index (χ2v) is 6.54. The molecule has 1 unspecified atom stereocenters. The Morgan fingerprint density at radius 3 is 2.29 bits per heavy atom. The third-order valence-corrected chi connectivity index (χ3v) is 4.67. The van der Waals surface area contributed by atoms with E-state index in [4.69, 9.17) is 35.3 Å². The number of nitrogens with one attached hydrogen (secondary N) is 1. The summed E-state index contributed by atoms with van der Waals surface area (Å²) in [6.07, 6.45) is 0. The van der Waals surface area contributed by atoms with Gasteiger partial charge in [0.1, 0.15) is 13.2 Å². The molecule has 0 fully saturated rings. The van der Waals surface area contributed by atoms with Crippen molar-refractivity contribution in [3.8, 4) is 28.7 Å². The first kappa shape index (κ1) is 19.9. The van der Waals surface area contributed by atoms with Crippen LogP contribution >= 0.6 is 11.6 Å². The van der Waals surface area contributed by atoms with Gasteiger partial charge in [-0.1, -0.05) is 11.6 Å². The number of carbonyl (C=O) groups is 1. The van der Waals surface area contributed by atoms with E-state index in [0.29, 0.717) is 52.5 Å². The topological polar surface area (TPSA) is 75.3 Å². The molecular formula is C20H22ClNO6. The lowest BCUT2D eigenvalue weighted by Crippen LogP contribution is -2.27. The molecule has 0 saturated heterocycles. The van der Waals surface area contributed by atoms with Gasteiger partial charge in [-0.2, -0.15) is 0 Å². The Bertz CT molecular complexity index is 860. The summed E-state index contributed by atoms with van der Waals surface area (Å²) in [7, 11) is 4.62. The van der Waals surface area contributed by atoms with E-state index < -0.39 is 0 Å². The van der Waals surface area contributed by atoms with Crippen molar-refractivity contribution in [1.29, 1.82) is 0 Å². The van der Waals surface area contributed by atoms with Crippen LogP contribution in [0.3, 0.4) is 0 Å². The zero-order valence-electron chi connectivity index (χ0n) is 16.1. The van der Waals surface area contributed by atoms with Crippen LogP contribution in [0.5, 0.6) is 28.7 Å². The maximum atomic E-state index is 12.7. The van der Waals surface area contributed by atoms with Crippen molar-refractivity contribution in [2.24, 2.45) is 0 Å². The normalized spacial score (nSPS) is 13.5. The van der Waals surface area contributed by atoms with Gasteiger partial charge < -0.3 is 29.0 Å². The Balaban J connectivity index is 1.84. The Morgan fingerprint density at radius 2 is 1.68 bits per heavy atom. The number of methoxy groups -OCH3 is 3. The van der Waals surface area contributed by atoms with Crippen LogP contribution in [0.25, 0.3) is 0 Å². The molecular weight excluding hydrogens is 386 g/mol. The summed E-state index contributed by atoms with van der Waals surface area (Å²) >= 11 is 6.23. The van der Waals surface area contributed by atoms with Crippen LogP contribution < -0.4 is 29.0 Å². The molecule has 7 nitrogen and oxygen atoms in total. The third-order valence-electron chi connectivity index (χ3n) is 4.39. The van der Waals surface area contributed by atoms with Gasteiger partial charge >= 0.3 is 0 Å². The standard InChI is InChI=1S/C20H22ClNO6/c1-11(12-8-15(24-2)19(26-4)16(9-12)25-3)22-20(23)13-7-14(21)18-17(10-13)27-5-6-28-18/h7-11H,5-6H2,1-4H3,(H,22,23). The van der Waals surface area contributed by atoms with Crippen LogP contribution in [0.2, 0.25) is 5.02 Å². The van der Waals surface area contributed by atoms with Crippen LogP contribution in [0.15, 0.2) is 24.3 Å². The molecule has 0 spiro atoms. The molecule has 1 amide bonds. The van der Waals surface area contributed by atoms with E-state index in [0.717, 1.165) is 5.56 Å². The fourth-order valence-electron chi connectivity index (χ4n) is 2.96. The smallest absolute Gasteiger partial charge is 0.251 e. The molecule has 1 aliphatic heterocycles. The molecule has 1 aliphatic rings. The van der Waals surface area contributed by atoms with Crippen molar-refractivity contribution in [2.75, 3.05) is 34.5 Å². The number of rotatable bonds is 6. The minimum absolute atomic E-state index is 0.292. The number of hydrogen-bond acceptors (Lipinski definition) is 6. The van der Waals surface area contributed by atoms with Crippen molar-refractivity contribution in [3.63, 3.8) is 0 Å². The Labute approximate surface area is 168 Å². The van der Waals surface area contributed by atoms with E-state index in [-0.39, 0.29) is 11.9 Å². The number of amides is 1. The molecule has 0 radical (unpaired) electrons. The van der Waals surface area contributed by atoms with Gasteiger partial charge in [0.15, 0.2) is 23.0 Å². The highest BCUT2D eigenvalue weighted by Crippen LogP contribution is 2.40. The molecule has 0 aromatic heterocycles. The van der Waals surface area contributed by atoms with E-state index in [1.807, 2.05) is 6.92 Å². The first-order valence-corrected chi connectivity index (χ1v) is 9.06. The van der Waals surface area contributed by atoms with Gasteiger partial charge in [0.2, 0.25) is 5.75 Å². The number of ether oxygens (including phenoxy) is 5. The highest BCUT2D eigenvalue weighted by molar-refractivity contribution is 6.32. The van der Waals surface area contributed by atoms with Crippen molar-refractivity contribution in [3.05, 3.63) is 40.4 Å². The molecule has 0 saturated carbocycles. The molecule has 28 heavy (non-hydrogen) atoms. The molecule has 1 N–H and O–H groups in total. The maximum absolute atomic E-state index is 12.7. The van der Waals surface area contributed by atoms with Crippen LogP contribution in [-0.2, 0) is 0 Å². The molecule has 2 aromatic rings. The first-order chi connectivity index (χ1) is 13.5. The highest BCUT2D eigenvalue weighted by Gasteiger charge is 2.22. The van der Waals surface area contributed by atoms with Gasteiger partial charge in [-0.05, 0) is 36.8 Å².